The Bertz CT molecular complexity index is 806. The Kier molecular flexibility index (Phi) is 7.70. The van der Waals surface area contributed by atoms with Gasteiger partial charge in [-0.05, 0) is 101 Å². The van der Waals surface area contributed by atoms with Crippen LogP contribution in [0.4, 0.5) is 0 Å². The number of hydrogen-bond donors (Lipinski definition) is 0. The van der Waals surface area contributed by atoms with Crippen LogP contribution < -0.4 is 4.74 Å². The molecule has 0 aliphatic carbocycles. The van der Waals surface area contributed by atoms with E-state index < -0.39 is 0 Å². The zero-order valence-electron chi connectivity index (χ0n) is 21.5. The predicted molar refractivity (Wildman–Crippen MR) is 132 cm³/mol. The molecule has 1 aromatic carbocycles. The van der Waals surface area contributed by atoms with E-state index in [-0.39, 0.29) is 16.4 Å². The van der Waals surface area contributed by atoms with Gasteiger partial charge in [-0.3, -0.25) is 0 Å². The van der Waals surface area contributed by atoms with Crippen molar-refractivity contribution in [3.63, 3.8) is 0 Å². The SMILES string of the molecule is CC/C(C)=C/C(C)(C)C/C(C)=C/CC(C)(C)CC1(C)CCc2c(C)ccc(C)c2O1. The molecular formula is C29H46O. The van der Waals surface area contributed by atoms with Crippen LogP contribution >= 0.6 is 0 Å². The summed E-state index contributed by atoms with van der Waals surface area (Å²) in [5, 5.41) is 0. The lowest BCUT2D eigenvalue weighted by atomic mass is 9.74. The summed E-state index contributed by atoms with van der Waals surface area (Å²) >= 11 is 0. The van der Waals surface area contributed by atoms with Gasteiger partial charge in [0.1, 0.15) is 11.4 Å². The summed E-state index contributed by atoms with van der Waals surface area (Å²) in [5.41, 5.74) is 7.39. The summed E-state index contributed by atoms with van der Waals surface area (Å²) in [7, 11) is 0. The Hall–Kier alpha value is -1.50. The van der Waals surface area contributed by atoms with Gasteiger partial charge in [0, 0.05) is 0 Å². The van der Waals surface area contributed by atoms with E-state index in [0.717, 1.165) is 44.3 Å². The van der Waals surface area contributed by atoms with Gasteiger partial charge in [-0.15, -0.1) is 0 Å². The quantitative estimate of drug-likeness (QED) is 0.389. The van der Waals surface area contributed by atoms with Crippen molar-refractivity contribution >= 4 is 0 Å². The van der Waals surface area contributed by atoms with E-state index in [1.54, 1.807) is 0 Å². The average Bonchev–Trinajstić information content (AvgIpc) is 2.61. The monoisotopic (exact) mass is 410 g/mol. The zero-order valence-corrected chi connectivity index (χ0v) is 21.5. The number of ether oxygens (including phenoxy) is 1. The molecule has 1 aliphatic rings. The second kappa shape index (κ2) is 9.33. The van der Waals surface area contributed by atoms with Crippen molar-refractivity contribution < 1.29 is 4.74 Å². The molecule has 30 heavy (non-hydrogen) atoms. The second-order valence-electron chi connectivity index (χ2n) is 11.7. The number of allylic oxidation sites excluding steroid dienone is 4. The van der Waals surface area contributed by atoms with Crippen LogP contribution in [0, 0.1) is 24.7 Å². The summed E-state index contributed by atoms with van der Waals surface area (Å²) < 4.78 is 6.68. The van der Waals surface area contributed by atoms with Crippen LogP contribution in [-0.2, 0) is 6.42 Å². The second-order valence-corrected chi connectivity index (χ2v) is 11.7. The minimum Gasteiger partial charge on any atom is -0.487 e. The van der Waals surface area contributed by atoms with E-state index in [9.17, 15) is 0 Å². The maximum absolute atomic E-state index is 6.68. The van der Waals surface area contributed by atoms with Gasteiger partial charge >= 0.3 is 0 Å². The molecule has 0 radical (unpaired) electrons. The molecule has 1 nitrogen and oxygen atoms in total. The number of benzene rings is 1. The minimum absolute atomic E-state index is 0.0863. The summed E-state index contributed by atoms with van der Waals surface area (Å²) in [6.45, 7) is 23.0. The van der Waals surface area contributed by atoms with Crippen LogP contribution in [-0.4, -0.2) is 5.60 Å². The first-order valence-electron chi connectivity index (χ1n) is 11.9. The normalized spacial score (nSPS) is 20.7. The molecular weight excluding hydrogens is 364 g/mol. The lowest BCUT2D eigenvalue weighted by Crippen LogP contribution is -2.41. The molecule has 0 aromatic heterocycles. The van der Waals surface area contributed by atoms with Crippen LogP contribution in [0.15, 0.2) is 35.4 Å². The fourth-order valence-electron chi connectivity index (χ4n) is 5.25. The van der Waals surface area contributed by atoms with Crippen molar-refractivity contribution in [3.8, 4) is 5.75 Å². The van der Waals surface area contributed by atoms with Gasteiger partial charge in [0.2, 0.25) is 0 Å². The minimum atomic E-state index is -0.0863. The van der Waals surface area contributed by atoms with Crippen molar-refractivity contribution in [1.82, 2.24) is 0 Å². The fraction of sp³-hybridized carbons (Fsp3) is 0.655. The molecule has 0 saturated heterocycles. The Morgan fingerprint density at radius 1 is 1.07 bits per heavy atom. The largest absolute Gasteiger partial charge is 0.487 e. The third-order valence-electron chi connectivity index (χ3n) is 6.73. The van der Waals surface area contributed by atoms with Gasteiger partial charge < -0.3 is 4.74 Å². The molecule has 0 fully saturated rings. The average molecular weight is 411 g/mol. The van der Waals surface area contributed by atoms with E-state index in [1.165, 1.54) is 27.8 Å². The molecule has 0 spiro atoms. The van der Waals surface area contributed by atoms with Crippen molar-refractivity contribution in [2.24, 2.45) is 10.8 Å². The van der Waals surface area contributed by atoms with E-state index >= 15 is 0 Å². The van der Waals surface area contributed by atoms with Crippen molar-refractivity contribution in [2.45, 2.75) is 113 Å². The van der Waals surface area contributed by atoms with Gasteiger partial charge in [0.15, 0.2) is 0 Å². The molecule has 1 atom stereocenters. The van der Waals surface area contributed by atoms with Crippen LogP contribution in [0.2, 0.25) is 0 Å². The molecule has 0 saturated carbocycles. The highest BCUT2D eigenvalue weighted by atomic mass is 16.5. The van der Waals surface area contributed by atoms with E-state index in [0.29, 0.717) is 0 Å². The topological polar surface area (TPSA) is 9.23 Å². The predicted octanol–water partition coefficient (Wildman–Crippen LogP) is 8.91. The smallest absolute Gasteiger partial charge is 0.126 e. The van der Waals surface area contributed by atoms with Gasteiger partial charge in [-0.25, -0.2) is 0 Å². The van der Waals surface area contributed by atoms with Gasteiger partial charge in [-0.1, -0.05) is 70.0 Å². The summed E-state index contributed by atoms with van der Waals surface area (Å²) in [6.07, 6.45) is 11.6. The van der Waals surface area contributed by atoms with E-state index in [1.807, 2.05) is 0 Å². The Balaban J connectivity index is 2.06. The molecule has 0 N–H and O–H groups in total. The van der Waals surface area contributed by atoms with Gasteiger partial charge in [0.05, 0.1) is 0 Å². The summed E-state index contributed by atoms with van der Waals surface area (Å²) in [5.74, 6) is 1.14. The standard InChI is InChI=1S/C29H46O/c1-11-21(2)18-28(8,9)19-22(3)14-16-27(6,7)20-29(10)17-15-25-23(4)12-13-24(5)26(25)30-29/h12-14,18H,11,15-17,19-20H2,1-10H3/b21-18+,22-14+. The van der Waals surface area contributed by atoms with Crippen molar-refractivity contribution in [3.05, 3.63) is 52.1 Å². The zero-order chi connectivity index (χ0) is 22.7. The van der Waals surface area contributed by atoms with Crippen molar-refractivity contribution in [1.29, 1.82) is 0 Å². The number of aryl methyl sites for hydroxylation is 2. The molecule has 1 aliphatic heterocycles. The Labute approximate surface area is 187 Å². The third-order valence-corrected chi connectivity index (χ3v) is 6.73. The Morgan fingerprint density at radius 2 is 1.70 bits per heavy atom. The molecule has 1 aromatic rings. The summed E-state index contributed by atoms with van der Waals surface area (Å²) in [6, 6.07) is 4.43. The van der Waals surface area contributed by atoms with Crippen molar-refractivity contribution in [2.75, 3.05) is 0 Å². The number of rotatable bonds is 8. The van der Waals surface area contributed by atoms with Crippen LogP contribution in [0.5, 0.6) is 5.75 Å². The number of hydrogen-bond acceptors (Lipinski definition) is 1. The fourth-order valence-corrected chi connectivity index (χ4v) is 5.25. The summed E-state index contributed by atoms with van der Waals surface area (Å²) in [4.78, 5) is 0. The molecule has 0 amide bonds. The molecule has 0 bridgehead atoms. The first-order valence-corrected chi connectivity index (χ1v) is 11.9. The van der Waals surface area contributed by atoms with Gasteiger partial charge in [-0.2, -0.15) is 0 Å². The van der Waals surface area contributed by atoms with Gasteiger partial charge in [0.25, 0.3) is 0 Å². The van der Waals surface area contributed by atoms with Crippen LogP contribution in [0.25, 0.3) is 0 Å². The van der Waals surface area contributed by atoms with Crippen LogP contribution in [0.1, 0.15) is 104 Å². The molecule has 168 valence electrons. The highest BCUT2D eigenvalue weighted by Crippen LogP contribution is 2.43. The maximum atomic E-state index is 6.68. The number of fused-ring (bicyclic) bond motifs is 1. The Morgan fingerprint density at radius 3 is 2.33 bits per heavy atom. The molecule has 1 heterocycles. The van der Waals surface area contributed by atoms with E-state index in [2.05, 4.69) is 93.5 Å². The first-order chi connectivity index (χ1) is 13.8. The molecule has 1 heteroatoms. The molecule has 2 rings (SSSR count). The first kappa shape index (κ1) is 24.8. The maximum Gasteiger partial charge on any atom is 0.126 e. The molecule has 1 unspecified atom stereocenters. The van der Waals surface area contributed by atoms with E-state index in [4.69, 9.17) is 4.74 Å². The third kappa shape index (κ3) is 6.76. The van der Waals surface area contributed by atoms with Crippen LogP contribution in [0.3, 0.4) is 0 Å². The highest BCUT2D eigenvalue weighted by Gasteiger charge is 2.37. The lowest BCUT2D eigenvalue weighted by Gasteiger charge is -2.42. The lowest BCUT2D eigenvalue weighted by molar-refractivity contribution is 0.0202. The highest BCUT2D eigenvalue weighted by molar-refractivity contribution is 5.47.